The third-order valence-corrected chi connectivity index (χ3v) is 4.82. The van der Waals surface area contributed by atoms with Gasteiger partial charge in [-0.3, -0.25) is 4.79 Å². The zero-order chi connectivity index (χ0) is 18.2. The number of nitrogens with one attached hydrogen (secondary N) is 2. The second-order valence-corrected chi connectivity index (χ2v) is 7.65. The molecule has 1 rings (SSSR count). The predicted octanol–water partition coefficient (Wildman–Crippen LogP) is 2.95. The van der Waals surface area contributed by atoms with Crippen LogP contribution in [0.2, 0.25) is 0 Å². The van der Waals surface area contributed by atoms with Gasteiger partial charge in [0.1, 0.15) is 0 Å². The first-order chi connectivity index (χ1) is 11.2. The van der Waals surface area contributed by atoms with Gasteiger partial charge >= 0.3 is 0 Å². The topological polar surface area (TPSA) is 61.4 Å². The third-order valence-electron chi connectivity index (χ3n) is 4.82. The highest BCUT2D eigenvalue weighted by Crippen LogP contribution is 2.36. The van der Waals surface area contributed by atoms with E-state index in [1.54, 1.807) is 7.05 Å². The molecule has 3 atom stereocenters. The van der Waals surface area contributed by atoms with E-state index >= 15 is 0 Å². The van der Waals surface area contributed by atoms with E-state index in [2.05, 4.69) is 24.5 Å². The van der Waals surface area contributed by atoms with Crippen LogP contribution in [-0.4, -0.2) is 43.2 Å². The summed E-state index contributed by atoms with van der Waals surface area (Å²) in [5.74, 6) is -2.29. The maximum Gasteiger partial charge on any atom is 0.248 e. The fourth-order valence-electron chi connectivity index (χ4n) is 3.41. The Morgan fingerprint density at radius 2 is 2.04 bits per heavy atom. The second-order valence-electron chi connectivity index (χ2n) is 7.65. The Morgan fingerprint density at radius 1 is 1.33 bits per heavy atom. The van der Waals surface area contributed by atoms with Crippen molar-refractivity contribution in [1.82, 2.24) is 10.6 Å². The molecule has 0 radical (unpaired) electrons. The summed E-state index contributed by atoms with van der Waals surface area (Å²) in [6, 6.07) is 0. The highest BCUT2D eigenvalue weighted by molar-refractivity contribution is 5.78. The van der Waals surface area contributed by atoms with E-state index in [1.165, 1.54) is 0 Å². The number of amides is 1. The molecule has 24 heavy (non-hydrogen) atoms. The van der Waals surface area contributed by atoms with Crippen LogP contribution in [0.25, 0.3) is 0 Å². The molecule has 1 fully saturated rings. The van der Waals surface area contributed by atoms with Gasteiger partial charge in [0.25, 0.3) is 0 Å². The van der Waals surface area contributed by atoms with Gasteiger partial charge < -0.3 is 15.7 Å². The fraction of sp³-hybridized carbons (Fsp3) is 0.944. The van der Waals surface area contributed by atoms with Crippen LogP contribution in [0.5, 0.6) is 0 Å². The minimum atomic E-state index is -2.54. The summed E-state index contributed by atoms with van der Waals surface area (Å²) in [5.41, 5.74) is 0. The fourth-order valence-corrected chi connectivity index (χ4v) is 3.41. The van der Waals surface area contributed by atoms with Gasteiger partial charge in [0, 0.05) is 32.4 Å². The van der Waals surface area contributed by atoms with Crippen LogP contribution in [0.3, 0.4) is 0 Å². The lowest BCUT2D eigenvalue weighted by atomic mass is 9.86. The highest BCUT2D eigenvalue weighted by Gasteiger charge is 2.35. The minimum absolute atomic E-state index is 0.00418. The van der Waals surface area contributed by atoms with Crippen molar-refractivity contribution in [3.63, 3.8) is 0 Å². The Kier molecular flexibility index (Phi) is 9.13. The van der Waals surface area contributed by atoms with Crippen LogP contribution < -0.4 is 10.6 Å². The molecule has 1 amide bonds. The van der Waals surface area contributed by atoms with Gasteiger partial charge in [0.05, 0.1) is 6.10 Å². The molecule has 0 aromatic carbocycles. The Hall–Kier alpha value is -0.750. The average molecular weight is 348 g/mol. The summed E-state index contributed by atoms with van der Waals surface area (Å²) in [4.78, 5) is 11.9. The number of aliphatic hydroxyl groups is 1. The number of halogens is 2. The maximum atomic E-state index is 13.4. The number of hydrogen-bond acceptors (Lipinski definition) is 3. The van der Waals surface area contributed by atoms with Crippen molar-refractivity contribution in [3.8, 4) is 0 Å². The Morgan fingerprint density at radius 3 is 2.62 bits per heavy atom. The van der Waals surface area contributed by atoms with Gasteiger partial charge in [0.2, 0.25) is 11.8 Å². The summed E-state index contributed by atoms with van der Waals surface area (Å²) < 4.78 is 26.7. The summed E-state index contributed by atoms with van der Waals surface area (Å²) in [7, 11) is 1.61. The van der Waals surface area contributed by atoms with Crippen LogP contribution in [0.1, 0.15) is 58.8 Å². The van der Waals surface area contributed by atoms with E-state index in [9.17, 15) is 18.7 Å². The maximum absolute atomic E-state index is 13.4. The first-order valence-corrected chi connectivity index (χ1v) is 9.21. The number of aliphatic hydroxyl groups excluding tert-OH is 1. The van der Waals surface area contributed by atoms with E-state index in [0.29, 0.717) is 31.8 Å². The van der Waals surface area contributed by atoms with E-state index in [0.717, 1.165) is 19.3 Å². The van der Waals surface area contributed by atoms with Gasteiger partial charge in [0.15, 0.2) is 0 Å². The van der Waals surface area contributed by atoms with Gasteiger partial charge in [-0.2, -0.15) is 0 Å². The van der Waals surface area contributed by atoms with Crippen molar-refractivity contribution in [2.45, 2.75) is 70.8 Å². The highest BCUT2D eigenvalue weighted by atomic mass is 19.3. The lowest BCUT2D eigenvalue weighted by Gasteiger charge is -2.29. The average Bonchev–Trinajstić information content (AvgIpc) is 2.49. The van der Waals surface area contributed by atoms with Crippen molar-refractivity contribution >= 4 is 5.91 Å². The van der Waals surface area contributed by atoms with Crippen molar-refractivity contribution in [2.24, 2.45) is 17.8 Å². The SMILES string of the molecule is CNC(=O)[C@H](CCC(C)C)C[C@H](O)CNC[C@H]1CCCC(F)(F)C1. The van der Waals surface area contributed by atoms with Crippen molar-refractivity contribution in [2.75, 3.05) is 20.1 Å². The van der Waals surface area contributed by atoms with Gasteiger partial charge in [-0.15, -0.1) is 0 Å². The molecule has 1 aliphatic rings. The van der Waals surface area contributed by atoms with E-state index in [4.69, 9.17) is 0 Å². The monoisotopic (exact) mass is 348 g/mol. The van der Waals surface area contributed by atoms with Crippen LogP contribution in [0.4, 0.5) is 8.78 Å². The molecule has 6 heteroatoms. The summed E-state index contributed by atoms with van der Waals surface area (Å²) in [6.45, 7) is 5.07. The van der Waals surface area contributed by atoms with Crippen LogP contribution in [0.15, 0.2) is 0 Å². The Bertz CT molecular complexity index is 378. The van der Waals surface area contributed by atoms with Gasteiger partial charge in [-0.25, -0.2) is 8.78 Å². The normalized spacial score (nSPS) is 23.0. The molecule has 0 aromatic rings. The zero-order valence-corrected chi connectivity index (χ0v) is 15.3. The van der Waals surface area contributed by atoms with Crippen molar-refractivity contribution in [1.29, 1.82) is 0 Å². The largest absolute Gasteiger partial charge is 0.392 e. The molecule has 0 saturated heterocycles. The third kappa shape index (κ3) is 8.38. The summed E-state index contributed by atoms with van der Waals surface area (Å²) in [6.07, 6.45) is 2.77. The number of hydrogen-bond donors (Lipinski definition) is 3. The quantitative estimate of drug-likeness (QED) is 0.569. The molecule has 1 aliphatic carbocycles. The first kappa shape index (κ1) is 21.3. The van der Waals surface area contributed by atoms with Crippen LogP contribution >= 0.6 is 0 Å². The molecule has 0 aromatic heterocycles. The second kappa shape index (κ2) is 10.3. The molecule has 0 bridgehead atoms. The van der Waals surface area contributed by atoms with E-state index < -0.39 is 12.0 Å². The molecule has 0 heterocycles. The predicted molar refractivity (Wildman–Crippen MR) is 92.0 cm³/mol. The zero-order valence-electron chi connectivity index (χ0n) is 15.3. The first-order valence-electron chi connectivity index (χ1n) is 9.21. The Balaban J connectivity index is 2.31. The number of carbonyl (C=O) groups is 1. The van der Waals surface area contributed by atoms with Crippen LogP contribution in [-0.2, 0) is 4.79 Å². The summed E-state index contributed by atoms with van der Waals surface area (Å²) in [5, 5.41) is 15.9. The molecule has 0 unspecified atom stereocenters. The molecular formula is C18H34F2N2O2. The van der Waals surface area contributed by atoms with Gasteiger partial charge in [-0.1, -0.05) is 20.3 Å². The van der Waals surface area contributed by atoms with E-state index in [1.807, 2.05) is 0 Å². The van der Waals surface area contributed by atoms with E-state index in [-0.39, 0.29) is 30.6 Å². The molecule has 0 aliphatic heterocycles. The lowest BCUT2D eigenvalue weighted by Crippen LogP contribution is -2.37. The van der Waals surface area contributed by atoms with Crippen molar-refractivity contribution in [3.05, 3.63) is 0 Å². The smallest absolute Gasteiger partial charge is 0.248 e. The number of rotatable bonds is 10. The Labute approximate surface area is 144 Å². The van der Waals surface area contributed by atoms with Gasteiger partial charge in [-0.05, 0) is 44.1 Å². The molecule has 4 nitrogen and oxygen atoms in total. The molecule has 0 spiro atoms. The molecular weight excluding hydrogens is 314 g/mol. The molecule has 142 valence electrons. The standard InChI is InChI=1S/C18H34F2N2O2/c1-13(2)6-7-15(17(24)21-3)9-16(23)12-22-11-14-5-4-8-18(19,20)10-14/h13-16,22-23H,4-12H2,1-3H3,(H,21,24)/t14-,15+,16-/m0/s1. The minimum Gasteiger partial charge on any atom is -0.392 e. The number of carbonyl (C=O) groups excluding carboxylic acids is 1. The summed E-state index contributed by atoms with van der Waals surface area (Å²) >= 11 is 0. The van der Waals surface area contributed by atoms with Crippen molar-refractivity contribution < 1.29 is 18.7 Å². The molecule has 3 N–H and O–H groups in total. The van der Waals surface area contributed by atoms with Crippen LogP contribution in [0, 0.1) is 17.8 Å². The molecule has 1 saturated carbocycles. The number of alkyl halides is 2. The lowest BCUT2D eigenvalue weighted by molar-refractivity contribution is -0.125.